The summed E-state index contributed by atoms with van der Waals surface area (Å²) >= 11 is 0. The molecule has 2 aromatic carbocycles. The molecule has 0 aliphatic carbocycles. The Balaban J connectivity index is 0.000000860. The number of piperidine rings is 1. The number of carboxylic acid groups (broad SMARTS) is 1. The number of amides is 1. The summed E-state index contributed by atoms with van der Waals surface area (Å²) in [6.07, 6.45) is 0.0251. The Hall–Kier alpha value is -2.96. The lowest BCUT2D eigenvalue weighted by molar-refractivity contribution is -0.192. The predicted molar refractivity (Wildman–Crippen MR) is 167 cm³/mol. The zero-order valence-corrected chi connectivity index (χ0v) is 27.3. The van der Waals surface area contributed by atoms with Crippen molar-refractivity contribution in [1.82, 2.24) is 9.21 Å². The van der Waals surface area contributed by atoms with Gasteiger partial charge in [-0.2, -0.15) is 13.2 Å². The molecule has 1 saturated heterocycles. The van der Waals surface area contributed by atoms with Crippen LogP contribution in [0, 0.1) is 5.92 Å². The van der Waals surface area contributed by atoms with Crippen LogP contribution in [0.15, 0.2) is 48.5 Å². The molecule has 44 heavy (non-hydrogen) atoms. The van der Waals surface area contributed by atoms with Crippen molar-refractivity contribution in [3.05, 3.63) is 65.2 Å². The quantitative estimate of drug-likeness (QED) is 0.321. The molecule has 1 fully saturated rings. The van der Waals surface area contributed by atoms with Crippen LogP contribution in [-0.2, 0) is 26.7 Å². The Bertz CT molecular complexity index is 1330. The summed E-state index contributed by atoms with van der Waals surface area (Å²) in [6.45, 7) is 14.2. The van der Waals surface area contributed by atoms with Gasteiger partial charge in [-0.1, -0.05) is 52.0 Å². The van der Waals surface area contributed by atoms with Crippen LogP contribution < -0.4 is 5.32 Å². The van der Waals surface area contributed by atoms with Gasteiger partial charge in [0.25, 0.3) is 5.91 Å². The Morgan fingerprint density at radius 3 is 2.11 bits per heavy atom. The van der Waals surface area contributed by atoms with Crippen LogP contribution >= 0.6 is 0 Å². The topological polar surface area (TPSA) is 107 Å². The lowest BCUT2D eigenvalue weighted by Gasteiger charge is -2.36. The standard InChI is InChI=1S/C30H45N3O3S.C2HF3O2/c1-7-17-32(22-24-15-18-33(19-16-24)37(6,35)36)23(2)20-25-9-8-10-28(21-25)31-29(34)26-11-13-27(14-12-26)30(3,4)5;3-2(4,5)1(6)7/h8-14,21,23-24H,7,15-20,22H2,1-6H3,(H,31,34);(H,6,7). The van der Waals surface area contributed by atoms with E-state index in [1.165, 1.54) is 17.4 Å². The average molecular weight is 642 g/mol. The van der Waals surface area contributed by atoms with Gasteiger partial charge in [0.2, 0.25) is 10.0 Å². The summed E-state index contributed by atoms with van der Waals surface area (Å²) in [7, 11) is -3.09. The largest absolute Gasteiger partial charge is 0.490 e. The zero-order valence-electron chi connectivity index (χ0n) is 26.4. The van der Waals surface area contributed by atoms with Crippen LogP contribution in [0.25, 0.3) is 0 Å². The lowest BCUT2D eigenvalue weighted by atomic mass is 9.87. The van der Waals surface area contributed by atoms with E-state index in [0.29, 0.717) is 30.6 Å². The molecule has 3 rings (SSSR count). The molecule has 0 bridgehead atoms. The van der Waals surface area contributed by atoms with Crippen LogP contribution in [0.4, 0.5) is 18.9 Å². The van der Waals surface area contributed by atoms with Crippen molar-refractivity contribution in [1.29, 1.82) is 0 Å². The Kier molecular flexibility index (Phi) is 13.4. The highest BCUT2D eigenvalue weighted by molar-refractivity contribution is 7.88. The first-order valence-electron chi connectivity index (χ1n) is 14.8. The summed E-state index contributed by atoms with van der Waals surface area (Å²) in [5.41, 5.74) is 3.92. The van der Waals surface area contributed by atoms with Gasteiger partial charge in [0.15, 0.2) is 0 Å². The van der Waals surface area contributed by atoms with Crippen LogP contribution in [0.1, 0.15) is 75.4 Å². The minimum atomic E-state index is -5.08. The van der Waals surface area contributed by atoms with Gasteiger partial charge in [-0.25, -0.2) is 17.5 Å². The van der Waals surface area contributed by atoms with E-state index in [2.05, 4.69) is 57.0 Å². The summed E-state index contributed by atoms with van der Waals surface area (Å²) in [6, 6.07) is 16.3. The number of halogens is 3. The van der Waals surface area contributed by atoms with Gasteiger partial charge in [-0.3, -0.25) is 4.79 Å². The van der Waals surface area contributed by atoms with E-state index in [-0.39, 0.29) is 11.3 Å². The maximum absolute atomic E-state index is 12.8. The molecule has 246 valence electrons. The molecule has 0 aromatic heterocycles. The second-order valence-corrected chi connectivity index (χ2v) is 14.4. The molecule has 2 aromatic rings. The van der Waals surface area contributed by atoms with Gasteiger partial charge < -0.3 is 15.3 Å². The number of nitrogens with zero attached hydrogens (tertiary/aromatic N) is 2. The van der Waals surface area contributed by atoms with E-state index in [0.717, 1.165) is 44.5 Å². The molecule has 0 spiro atoms. The maximum atomic E-state index is 12.8. The summed E-state index contributed by atoms with van der Waals surface area (Å²) in [5.74, 6) is -2.34. The normalized spacial score (nSPS) is 15.8. The van der Waals surface area contributed by atoms with Gasteiger partial charge >= 0.3 is 12.1 Å². The molecule has 0 saturated carbocycles. The maximum Gasteiger partial charge on any atom is 0.490 e. The minimum absolute atomic E-state index is 0.0547. The number of alkyl halides is 3. The van der Waals surface area contributed by atoms with Crippen molar-refractivity contribution in [2.24, 2.45) is 5.92 Å². The Morgan fingerprint density at radius 1 is 1.07 bits per heavy atom. The first-order chi connectivity index (χ1) is 20.3. The highest BCUT2D eigenvalue weighted by Crippen LogP contribution is 2.24. The van der Waals surface area contributed by atoms with E-state index in [1.807, 2.05) is 36.4 Å². The molecule has 1 atom stereocenters. The van der Waals surface area contributed by atoms with E-state index in [4.69, 9.17) is 9.90 Å². The van der Waals surface area contributed by atoms with Gasteiger partial charge in [-0.15, -0.1) is 0 Å². The van der Waals surface area contributed by atoms with Gasteiger partial charge in [-0.05, 0) is 85.9 Å². The van der Waals surface area contributed by atoms with E-state index in [1.54, 1.807) is 4.31 Å². The SMILES string of the molecule is CCCN(CC1CCN(S(C)(=O)=O)CC1)C(C)Cc1cccc(NC(=O)c2ccc(C(C)(C)C)cc2)c1.O=C(O)C(F)(F)F. The van der Waals surface area contributed by atoms with Crippen molar-refractivity contribution in [2.75, 3.05) is 37.8 Å². The number of nitrogens with one attached hydrogen (secondary N) is 1. The second kappa shape index (κ2) is 15.9. The number of hydrogen-bond acceptors (Lipinski definition) is 5. The first-order valence-corrected chi connectivity index (χ1v) is 16.7. The molecule has 2 N–H and O–H groups in total. The summed E-state index contributed by atoms with van der Waals surface area (Å²) in [5, 5.41) is 10.2. The van der Waals surface area contributed by atoms with Gasteiger partial charge in [0.1, 0.15) is 0 Å². The molecular weight excluding hydrogens is 595 g/mol. The number of aliphatic carboxylic acids is 1. The number of hydrogen-bond donors (Lipinski definition) is 2. The zero-order chi connectivity index (χ0) is 33.3. The number of benzene rings is 2. The third-order valence-electron chi connectivity index (χ3n) is 7.64. The second-order valence-electron chi connectivity index (χ2n) is 12.4. The Morgan fingerprint density at radius 2 is 1.64 bits per heavy atom. The first kappa shape index (κ1) is 37.2. The van der Waals surface area contributed by atoms with Crippen LogP contribution in [0.5, 0.6) is 0 Å². The third kappa shape index (κ3) is 12.2. The molecule has 1 amide bonds. The van der Waals surface area contributed by atoms with Crippen molar-refractivity contribution < 1.29 is 36.3 Å². The van der Waals surface area contributed by atoms with Crippen LogP contribution in [-0.4, -0.2) is 79.3 Å². The predicted octanol–water partition coefficient (Wildman–Crippen LogP) is 6.18. The summed E-state index contributed by atoms with van der Waals surface area (Å²) in [4.78, 5) is 24.3. The molecule has 8 nitrogen and oxygen atoms in total. The molecule has 1 aliphatic heterocycles. The average Bonchev–Trinajstić information content (AvgIpc) is 2.92. The molecule has 1 unspecified atom stereocenters. The van der Waals surface area contributed by atoms with Crippen molar-refractivity contribution >= 4 is 27.6 Å². The Labute approximate surface area is 259 Å². The molecule has 1 heterocycles. The monoisotopic (exact) mass is 641 g/mol. The van der Waals surface area contributed by atoms with Crippen LogP contribution in [0.3, 0.4) is 0 Å². The molecule has 0 radical (unpaired) electrons. The van der Waals surface area contributed by atoms with Gasteiger partial charge in [0, 0.05) is 36.9 Å². The number of anilines is 1. The molecule has 1 aliphatic rings. The van der Waals surface area contributed by atoms with Crippen molar-refractivity contribution in [2.45, 2.75) is 77.9 Å². The van der Waals surface area contributed by atoms with E-state index < -0.39 is 22.2 Å². The number of carbonyl (C=O) groups is 2. The lowest BCUT2D eigenvalue weighted by Crippen LogP contribution is -2.44. The van der Waals surface area contributed by atoms with E-state index in [9.17, 15) is 26.4 Å². The van der Waals surface area contributed by atoms with E-state index >= 15 is 0 Å². The fourth-order valence-corrected chi connectivity index (χ4v) is 5.98. The highest BCUT2D eigenvalue weighted by atomic mass is 32.2. The minimum Gasteiger partial charge on any atom is -0.475 e. The molecule has 12 heteroatoms. The summed E-state index contributed by atoms with van der Waals surface area (Å²) < 4.78 is 57.0. The smallest absolute Gasteiger partial charge is 0.475 e. The van der Waals surface area contributed by atoms with Gasteiger partial charge in [0.05, 0.1) is 6.26 Å². The van der Waals surface area contributed by atoms with Crippen molar-refractivity contribution in [3.63, 3.8) is 0 Å². The highest BCUT2D eigenvalue weighted by Gasteiger charge is 2.38. The van der Waals surface area contributed by atoms with Crippen molar-refractivity contribution in [3.8, 4) is 0 Å². The molecular formula is C32H46F3N3O5S. The fourth-order valence-electron chi connectivity index (χ4n) is 5.11. The van der Waals surface area contributed by atoms with Crippen LogP contribution in [0.2, 0.25) is 0 Å². The fraction of sp³-hybridized carbons (Fsp3) is 0.562. The third-order valence-corrected chi connectivity index (χ3v) is 8.94. The number of sulfonamides is 1. The number of rotatable bonds is 10. The number of carboxylic acids is 1. The number of carbonyl (C=O) groups excluding carboxylic acids is 1.